The Kier molecular flexibility index (Phi) is 7.96. The zero-order valence-electron chi connectivity index (χ0n) is 16.7. The lowest BCUT2D eigenvalue weighted by Gasteiger charge is -2.36. The molecule has 5 nitrogen and oxygen atoms in total. The highest BCUT2D eigenvalue weighted by Gasteiger charge is 2.26. The van der Waals surface area contributed by atoms with Gasteiger partial charge in [-0.15, -0.1) is 0 Å². The van der Waals surface area contributed by atoms with Crippen molar-refractivity contribution in [3.05, 3.63) is 35.9 Å². The van der Waals surface area contributed by atoms with Crippen LogP contribution >= 0.6 is 0 Å². The van der Waals surface area contributed by atoms with E-state index in [2.05, 4.69) is 17.3 Å². The molecule has 1 N–H and O–H groups in total. The number of amides is 1. The zero-order chi connectivity index (χ0) is 18.9. The van der Waals surface area contributed by atoms with Crippen LogP contribution in [0.15, 0.2) is 30.3 Å². The molecule has 3 rings (SSSR count). The monoisotopic (exact) mass is 373 g/mol. The second-order valence-electron chi connectivity index (χ2n) is 8.07. The van der Waals surface area contributed by atoms with Crippen LogP contribution in [-0.4, -0.2) is 61.7 Å². The first kappa shape index (κ1) is 20.2. The molecule has 2 saturated heterocycles. The first-order valence-electron chi connectivity index (χ1n) is 10.6. The van der Waals surface area contributed by atoms with Crippen LogP contribution < -0.4 is 5.32 Å². The lowest BCUT2D eigenvalue weighted by atomic mass is 9.93. The van der Waals surface area contributed by atoms with E-state index in [1.54, 1.807) is 0 Å². The Morgan fingerprint density at radius 3 is 2.56 bits per heavy atom. The molecule has 150 valence electrons. The van der Waals surface area contributed by atoms with Gasteiger partial charge < -0.3 is 19.9 Å². The maximum absolute atomic E-state index is 12.3. The lowest BCUT2D eigenvalue weighted by Crippen LogP contribution is -2.46. The van der Waals surface area contributed by atoms with E-state index < -0.39 is 0 Å². The number of benzene rings is 1. The fourth-order valence-corrected chi connectivity index (χ4v) is 4.28. The molecule has 27 heavy (non-hydrogen) atoms. The third kappa shape index (κ3) is 6.51. The summed E-state index contributed by atoms with van der Waals surface area (Å²) in [7, 11) is 2.25. The molecule has 1 aromatic carbocycles. The van der Waals surface area contributed by atoms with Crippen molar-refractivity contribution in [2.24, 2.45) is 5.92 Å². The topological polar surface area (TPSA) is 44.8 Å². The normalized spacial score (nSPS) is 19.4. The van der Waals surface area contributed by atoms with Crippen molar-refractivity contribution in [1.29, 1.82) is 0 Å². The first-order chi connectivity index (χ1) is 13.2. The van der Waals surface area contributed by atoms with Crippen molar-refractivity contribution >= 4 is 6.09 Å². The van der Waals surface area contributed by atoms with Gasteiger partial charge in [0.2, 0.25) is 0 Å². The highest BCUT2D eigenvalue weighted by atomic mass is 16.6. The number of piperidine rings is 2. The Morgan fingerprint density at radius 1 is 1.15 bits per heavy atom. The first-order valence-corrected chi connectivity index (χ1v) is 10.6. The Hall–Kier alpha value is -1.59. The van der Waals surface area contributed by atoms with E-state index in [1.165, 1.54) is 45.3 Å². The molecule has 1 aromatic rings. The molecule has 2 heterocycles. The largest absolute Gasteiger partial charge is 0.445 e. The number of nitrogens with one attached hydrogen (secondary N) is 1. The average molecular weight is 374 g/mol. The predicted octanol–water partition coefficient (Wildman–Crippen LogP) is 3.50. The van der Waals surface area contributed by atoms with Crippen molar-refractivity contribution in [2.75, 3.05) is 39.8 Å². The van der Waals surface area contributed by atoms with Crippen molar-refractivity contribution < 1.29 is 9.53 Å². The van der Waals surface area contributed by atoms with Crippen LogP contribution in [0.25, 0.3) is 0 Å². The van der Waals surface area contributed by atoms with E-state index in [0.29, 0.717) is 12.6 Å². The van der Waals surface area contributed by atoms with Crippen molar-refractivity contribution in [1.82, 2.24) is 15.1 Å². The summed E-state index contributed by atoms with van der Waals surface area (Å²) in [6.45, 7) is 5.52. The molecule has 2 aliphatic heterocycles. The van der Waals surface area contributed by atoms with Crippen LogP contribution in [0.3, 0.4) is 0 Å². The van der Waals surface area contributed by atoms with Gasteiger partial charge in [0.25, 0.3) is 0 Å². The van der Waals surface area contributed by atoms with Crippen LogP contribution in [0, 0.1) is 5.92 Å². The minimum Gasteiger partial charge on any atom is -0.445 e. The predicted molar refractivity (Wildman–Crippen MR) is 109 cm³/mol. The third-order valence-electron chi connectivity index (χ3n) is 6.13. The number of carbonyl (C=O) groups is 1. The summed E-state index contributed by atoms with van der Waals surface area (Å²) < 4.78 is 5.46. The van der Waals surface area contributed by atoms with E-state index in [9.17, 15) is 4.79 Å². The van der Waals surface area contributed by atoms with Crippen LogP contribution in [0.1, 0.15) is 44.1 Å². The molecule has 0 aromatic heterocycles. The number of rotatable bonds is 7. The van der Waals surface area contributed by atoms with E-state index in [0.717, 1.165) is 37.4 Å². The number of nitrogens with zero attached hydrogens (tertiary/aromatic N) is 2. The van der Waals surface area contributed by atoms with Crippen molar-refractivity contribution in [3.8, 4) is 0 Å². The molecular weight excluding hydrogens is 338 g/mol. The maximum Gasteiger partial charge on any atom is 0.410 e. The molecule has 0 bridgehead atoms. The van der Waals surface area contributed by atoms with Gasteiger partial charge in [0.1, 0.15) is 6.61 Å². The Morgan fingerprint density at radius 2 is 1.85 bits per heavy atom. The maximum atomic E-state index is 12.3. The number of ether oxygens (including phenoxy) is 1. The standard InChI is InChI=1S/C22H35N3O2/c1-24(15-5-8-19-9-13-23-14-10-19)21-11-16-25(17-12-21)22(26)27-18-20-6-3-2-4-7-20/h2-4,6-7,19,21,23H,5,8-18H2,1H3. The van der Waals surface area contributed by atoms with Gasteiger partial charge in [0.15, 0.2) is 0 Å². The molecule has 0 saturated carbocycles. The number of carbonyl (C=O) groups excluding carboxylic acids is 1. The van der Waals surface area contributed by atoms with Gasteiger partial charge in [-0.2, -0.15) is 0 Å². The summed E-state index contributed by atoms with van der Waals surface area (Å²) in [4.78, 5) is 16.7. The molecule has 0 unspecified atom stereocenters. The lowest BCUT2D eigenvalue weighted by molar-refractivity contribution is 0.0724. The summed E-state index contributed by atoms with van der Waals surface area (Å²) in [6, 6.07) is 10.5. The quantitative estimate of drug-likeness (QED) is 0.795. The van der Waals surface area contributed by atoms with Crippen molar-refractivity contribution in [3.63, 3.8) is 0 Å². The average Bonchev–Trinajstić information content (AvgIpc) is 2.73. The van der Waals surface area contributed by atoms with E-state index in [-0.39, 0.29) is 6.09 Å². The van der Waals surface area contributed by atoms with Gasteiger partial charge in [0.05, 0.1) is 0 Å². The van der Waals surface area contributed by atoms with Gasteiger partial charge in [-0.3, -0.25) is 0 Å². The number of hydrogen-bond donors (Lipinski definition) is 1. The highest BCUT2D eigenvalue weighted by Crippen LogP contribution is 2.20. The molecular formula is C22H35N3O2. The highest BCUT2D eigenvalue weighted by molar-refractivity contribution is 5.67. The summed E-state index contributed by atoms with van der Waals surface area (Å²) in [5.74, 6) is 0.917. The molecule has 5 heteroatoms. The van der Waals surface area contributed by atoms with Gasteiger partial charge >= 0.3 is 6.09 Å². The summed E-state index contributed by atoms with van der Waals surface area (Å²) in [5.41, 5.74) is 1.04. The van der Waals surface area contributed by atoms with E-state index in [1.807, 2.05) is 35.2 Å². The third-order valence-corrected chi connectivity index (χ3v) is 6.13. The van der Waals surface area contributed by atoms with Gasteiger partial charge in [-0.1, -0.05) is 30.3 Å². The Bertz CT molecular complexity index is 552. The number of likely N-dealkylation sites (tertiary alicyclic amines) is 1. The molecule has 0 aliphatic carbocycles. The van der Waals surface area contributed by atoms with Gasteiger partial charge in [-0.05, 0) is 76.7 Å². The summed E-state index contributed by atoms with van der Waals surface area (Å²) in [5, 5.41) is 3.44. The SMILES string of the molecule is CN(CCCC1CCNCC1)C1CCN(C(=O)OCc2ccccc2)CC1. The Labute approximate surface area is 164 Å². The summed E-state index contributed by atoms with van der Waals surface area (Å²) in [6.07, 6.45) is 7.25. The van der Waals surface area contributed by atoms with Crippen LogP contribution in [0.2, 0.25) is 0 Å². The van der Waals surface area contributed by atoms with E-state index >= 15 is 0 Å². The van der Waals surface area contributed by atoms with Crippen molar-refractivity contribution in [2.45, 2.75) is 51.2 Å². The number of hydrogen-bond acceptors (Lipinski definition) is 4. The summed E-state index contributed by atoms with van der Waals surface area (Å²) >= 11 is 0. The van der Waals surface area contributed by atoms with E-state index in [4.69, 9.17) is 4.74 Å². The van der Waals surface area contributed by atoms with Crippen LogP contribution in [0.4, 0.5) is 4.79 Å². The molecule has 0 radical (unpaired) electrons. The smallest absolute Gasteiger partial charge is 0.410 e. The van der Waals surface area contributed by atoms with Gasteiger partial charge in [0, 0.05) is 19.1 Å². The second kappa shape index (κ2) is 10.7. The molecule has 2 fully saturated rings. The molecule has 1 amide bonds. The molecule has 0 atom stereocenters. The molecule has 2 aliphatic rings. The fraction of sp³-hybridized carbons (Fsp3) is 0.682. The van der Waals surface area contributed by atoms with Gasteiger partial charge in [-0.25, -0.2) is 4.79 Å². The minimum atomic E-state index is -0.175. The minimum absolute atomic E-state index is 0.175. The zero-order valence-corrected chi connectivity index (χ0v) is 16.7. The second-order valence-corrected chi connectivity index (χ2v) is 8.07. The van der Waals surface area contributed by atoms with Crippen LogP contribution in [-0.2, 0) is 11.3 Å². The Balaban J connectivity index is 1.31. The molecule has 0 spiro atoms. The van der Waals surface area contributed by atoms with Crippen LogP contribution in [0.5, 0.6) is 0 Å². The fourth-order valence-electron chi connectivity index (χ4n) is 4.28.